The summed E-state index contributed by atoms with van der Waals surface area (Å²) in [6, 6.07) is 6.20. The number of halogens is 1. The average Bonchev–Trinajstić information content (AvgIpc) is 2.64. The van der Waals surface area contributed by atoms with Gasteiger partial charge in [0.25, 0.3) is 0 Å². The second kappa shape index (κ2) is 5.71. The minimum absolute atomic E-state index is 0.0818. The summed E-state index contributed by atoms with van der Waals surface area (Å²) in [4.78, 5) is 13.8. The maximum Gasteiger partial charge on any atom is 0.241 e. The molecule has 0 bridgehead atoms. The van der Waals surface area contributed by atoms with E-state index in [1.807, 2.05) is 19.2 Å². The van der Waals surface area contributed by atoms with Gasteiger partial charge in [-0.3, -0.25) is 10.1 Å². The molecule has 18 heavy (non-hydrogen) atoms. The van der Waals surface area contributed by atoms with E-state index in [1.54, 1.807) is 22.7 Å². The summed E-state index contributed by atoms with van der Waals surface area (Å²) in [6.45, 7) is 2.52. The van der Waals surface area contributed by atoms with Crippen LogP contribution >= 0.6 is 11.8 Å². The first-order valence-corrected chi connectivity index (χ1v) is 7.34. The molecule has 3 nitrogen and oxygen atoms in total. The third kappa shape index (κ3) is 2.67. The Morgan fingerprint density at radius 1 is 1.50 bits per heavy atom. The number of carbonyl (C=O) groups excluding carboxylic acids is 1. The predicted molar refractivity (Wildman–Crippen MR) is 71.8 cm³/mol. The quantitative estimate of drug-likeness (QED) is 0.906. The van der Waals surface area contributed by atoms with Gasteiger partial charge in [0, 0.05) is 12.3 Å². The Morgan fingerprint density at radius 2 is 2.28 bits per heavy atom. The van der Waals surface area contributed by atoms with Gasteiger partial charge in [0.15, 0.2) is 0 Å². The molecule has 0 spiro atoms. The maximum absolute atomic E-state index is 13.3. The van der Waals surface area contributed by atoms with Crippen LogP contribution in [0.1, 0.15) is 18.7 Å². The monoisotopic (exact) mass is 268 g/mol. The van der Waals surface area contributed by atoms with Crippen molar-refractivity contribution in [2.75, 3.05) is 18.6 Å². The summed E-state index contributed by atoms with van der Waals surface area (Å²) in [5, 5.41) is 3.21. The van der Waals surface area contributed by atoms with Gasteiger partial charge in [-0.05, 0) is 30.9 Å². The fraction of sp³-hybridized carbons (Fsp3) is 0.462. The highest BCUT2D eigenvalue weighted by Gasteiger charge is 2.36. The molecule has 0 aliphatic carbocycles. The first-order chi connectivity index (χ1) is 8.63. The van der Waals surface area contributed by atoms with Crippen molar-refractivity contribution >= 4 is 17.7 Å². The molecular weight excluding hydrogens is 251 g/mol. The van der Waals surface area contributed by atoms with E-state index in [0.29, 0.717) is 6.54 Å². The van der Waals surface area contributed by atoms with Crippen molar-refractivity contribution < 1.29 is 9.18 Å². The Bertz CT molecular complexity index is 441. The topological polar surface area (TPSA) is 32.3 Å². The molecular formula is C13H17FN2OS. The molecule has 5 heteroatoms. The number of nitrogens with zero attached hydrogens (tertiary/aromatic N) is 1. The Balaban J connectivity index is 2.22. The number of thioether (sulfide) groups is 1. The van der Waals surface area contributed by atoms with E-state index in [4.69, 9.17) is 0 Å². The molecule has 1 aromatic rings. The largest absolute Gasteiger partial charge is 0.321 e. The average molecular weight is 268 g/mol. The maximum atomic E-state index is 13.3. The fourth-order valence-corrected chi connectivity index (χ4v) is 2.54. The first-order valence-electron chi connectivity index (χ1n) is 5.94. The number of carbonyl (C=O) groups is 1. The van der Waals surface area contributed by atoms with Crippen LogP contribution in [0.3, 0.4) is 0 Å². The van der Waals surface area contributed by atoms with Crippen molar-refractivity contribution in [1.82, 2.24) is 10.2 Å². The molecule has 1 N–H and O–H groups in total. The van der Waals surface area contributed by atoms with Crippen LogP contribution in [0.25, 0.3) is 0 Å². The lowest BCUT2D eigenvalue weighted by molar-refractivity contribution is -0.129. The van der Waals surface area contributed by atoms with Gasteiger partial charge in [-0.25, -0.2) is 4.39 Å². The van der Waals surface area contributed by atoms with Crippen LogP contribution in [0.4, 0.5) is 4.39 Å². The van der Waals surface area contributed by atoms with E-state index < -0.39 is 0 Å². The van der Waals surface area contributed by atoms with Crippen LogP contribution < -0.4 is 5.32 Å². The number of amides is 1. The van der Waals surface area contributed by atoms with E-state index in [-0.39, 0.29) is 23.9 Å². The first kappa shape index (κ1) is 13.4. The van der Waals surface area contributed by atoms with Crippen molar-refractivity contribution in [1.29, 1.82) is 0 Å². The molecule has 0 radical (unpaired) electrons. The summed E-state index contributed by atoms with van der Waals surface area (Å²) in [5.41, 5.74) is 0.800. The molecule has 0 aromatic heterocycles. The van der Waals surface area contributed by atoms with Gasteiger partial charge in [0.2, 0.25) is 5.91 Å². The SMILES string of the molecule is CSCCN1C(=O)C(C)NC1c1cccc(F)c1. The van der Waals surface area contributed by atoms with Crippen LogP contribution in [0, 0.1) is 5.82 Å². The second-order valence-electron chi connectivity index (χ2n) is 4.37. The van der Waals surface area contributed by atoms with Gasteiger partial charge in [0.1, 0.15) is 12.0 Å². The van der Waals surface area contributed by atoms with Crippen LogP contribution in [-0.2, 0) is 4.79 Å². The Morgan fingerprint density at radius 3 is 2.94 bits per heavy atom. The van der Waals surface area contributed by atoms with E-state index >= 15 is 0 Å². The fourth-order valence-electron chi connectivity index (χ4n) is 2.16. The molecule has 0 saturated carbocycles. The molecule has 2 atom stereocenters. The molecule has 2 unspecified atom stereocenters. The lowest BCUT2D eigenvalue weighted by Gasteiger charge is -2.24. The summed E-state index contributed by atoms with van der Waals surface area (Å²) in [5.74, 6) is 0.691. The van der Waals surface area contributed by atoms with E-state index in [0.717, 1.165) is 11.3 Å². The highest BCUT2D eigenvalue weighted by molar-refractivity contribution is 7.98. The van der Waals surface area contributed by atoms with Crippen molar-refractivity contribution in [2.24, 2.45) is 0 Å². The number of nitrogens with one attached hydrogen (secondary N) is 1. The number of rotatable bonds is 4. The third-order valence-corrected chi connectivity index (χ3v) is 3.66. The van der Waals surface area contributed by atoms with Crippen molar-refractivity contribution in [3.63, 3.8) is 0 Å². The van der Waals surface area contributed by atoms with E-state index in [1.165, 1.54) is 12.1 Å². The van der Waals surface area contributed by atoms with Gasteiger partial charge in [-0.1, -0.05) is 12.1 Å². The van der Waals surface area contributed by atoms with Crippen LogP contribution in [0.5, 0.6) is 0 Å². The van der Waals surface area contributed by atoms with Crippen LogP contribution in [-0.4, -0.2) is 35.4 Å². The van der Waals surface area contributed by atoms with Gasteiger partial charge >= 0.3 is 0 Å². The summed E-state index contributed by atoms with van der Waals surface area (Å²) < 4.78 is 13.3. The molecule has 2 rings (SSSR count). The lowest BCUT2D eigenvalue weighted by atomic mass is 10.1. The van der Waals surface area contributed by atoms with Gasteiger partial charge in [-0.2, -0.15) is 11.8 Å². The number of hydrogen-bond donors (Lipinski definition) is 1. The smallest absolute Gasteiger partial charge is 0.241 e. The normalized spacial score (nSPS) is 23.7. The zero-order valence-electron chi connectivity index (χ0n) is 10.5. The molecule has 1 fully saturated rings. The third-order valence-electron chi connectivity index (χ3n) is 3.07. The standard InChI is InChI=1S/C13H17FN2OS/c1-9-13(17)16(6-7-18-2)12(15-9)10-4-3-5-11(14)8-10/h3-5,8-9,12,15H,6-7H2,1-2H3. The molecule has 1 aliphatic rings. The second-order valence-corrected chi connectivity index (χ2v) is 5.36. The molecule has 98 valence electrons. The van der Waals surface area contributed by atoms with Crippen LogP contribution in [0.15, 0.2) is 24.3 Å². The van der Waals surface area contributed by atoms with Crippen LogP contribution in [0.2, 0.25) is 0 Å². The highest BCUT2D eigenvalue weighted by Crippen LogP contribution is 2.25. The summed E-state index contributed by atoms with van der Waals surface area (Å²) in [6.07, 6.45) is 1.80. The molecule has 1 aliphatic heterocycles. The van der Waals surface area contributed by atoms with Crippen molar-refractivity contribution in [2.45, 2.75) is 19.1 Å². The Labute approximate surface area is 111 Å². The lowest BCUT2D eigenvalue weighted by Crippen LogP contribution is -2.32. The van der Waals surface area contributed by atoms with Crippen molar-refractivity contribution in [3.05, 3.63) is 35.6 Å². The summed E-state index contributed by atoms with van der Waals surface area (Å²) in [7, 11) is 0. The summed E-state index contributed by atoms with van der Waals surface area (Å²) >= 11 is 1.70. The predicted octanol–water partition coefficient (Wildman–Crippen LogP) is 2.01. The van der Waals surface area contributed by atoms with Crippen molar-refractivity contribution in [3.8, 4) is 0 Å². The number of hydrogen-bond acceptors (Lipinski definition) is 3. The van der Waals surface area contributed by atoms with E-state index in [9.17, 15) is 9.18 Å². The molecule has 1 heterocycles. The molecule has 1 amide bonds. The van der Waals surface area contributed by atoms with E-state index in [2.05, 4.69) is 5.32 Å². The van der Waals surface area contributed by atoms with Gasteiger partial charge in [-0.15, -0.1) is 0 Å². The zero-order chi connectivity index (χ0) is 13.1. The minimum Gasteiger partial charge on any atom is -0.321 e. The zero-order valence-corrected chi connectivity index (χ0v) is 11.3. The van der Waals surface area contributed by atoms with Gasteiger partial charge < -0.3 is 4.90 Å². The number of benzene rings is 1. The van der Waals surface area contributed by atoms with Gasteiger partial charge in [0.05, 0.1) is 6.04 Å². The molecule has 1 aromatic carbocycles. The Kier molecular flexibility index (Phi) is 4.24. The molecule has 1 saturated heterocycles. The Hall–Kier alpha value is -1.07. The minimum atomic E-state index is -0.272. The highest BCUT2D eigenvalue weighted by atomic mass is 32.2.